The lowest BCUT2D eigenvalue weighted by Gasteiger charge is -2.11. The van der Waals surface area contributed by atoms with Crippen molar-refractivity contribution in [2.45, 2.75) is 18.9 Å². The van der Waals surface area contributed by atoms with Gasteiger partial charge in [-0.25, -0.2) is 9.37 Å². The highest BCUT2D eigenvalue weighted by molar-refractivity contribution is 5.95. The molecule has 5 N–H and O–H groups in total. The highest BCUT2D eigenvalue weighted by Crippen LogP contribution is 2.27. The van der Waals surface area contributed by atoms with Crippen molar-refractivity contribution in [1.29, 1.82) is 0 Å². The van der Waals surface area contributed by atoms with Crippen molar-refractivity contribution < 1.29 is 18.4 Å². The molecule has 0 aliphatic carbocycles. The van der Waals surface area contributed by atoms with Crippen molar-refractivity contribution in [3.63, 3.8) is 0 Å². The highest BCUT2D eigenvalue weighted by Gasteiger charge is 2.15. The number of amides is 2. The Bertz CT molecular complexity index is 985. The average molecular weight is 382 g/mol. The third kappa shape index (κ3) is 4.80. The number of carbonyl (C=O) groups is 2. The number of nitrogens with zero attached hydrogens (tertiary/aromatic N) is 1. The minimum absolute atomic E-state index is 0.0388. The molecule has 3 rings (SSSR count). The summed E-state index contributed by atoms with van der Waals surface area (Å²) in [4.78, 5) is 27.2. The Morgan fingerprint density at radius 3 is 2.61 bits per heavy atom. The van der Waals surface area contributed by atoms with E-state index in [1.54, 1.807) is 42.6 Å². The fourth-order valence-corrected chi connectivity index (χ4v) is 2.55. The number of primary amides is 1. The summed E-state index contributed by atoms with van der Waals surface area (Å²) in [5, 5.41) is 2.69. The second kappa shape index (κ2) is 8.45. The molecule has 0 aliphatic heterocycles. The standard InChI is InChI=1S/C20H19FN4O3/c21-14-6-4-12(5-7-14)17-11-24-20(28-17)13-2-1-3-15(10-13)25-19(27)16(22)8-9-18(23)26/h1-7,10-11,16H,8-9,22H2,(H2,23,26)(H,25,27). The van der Waals surface area contributed by atoms with Crippen molar-refractivity contribution in [3.8, 4) is 22.8 Å². The molecule has 3 aromatic rings. The van der Waals surface area contributed by atoms with Crippen LogP contribution < -0.4 is 16.8 Å². The Kier molecular flexibility index (Phi) is 5.81. The van der Waals surface area contributed by atoms with Gasteiger partial charge in [0.25, 0.3) is 0 Å². The molecule has 2 aromatic carbocycles. The number of oxazole rings is 1. The molecule has 0 radical (unpaired) electrons. The van der Waals surface area contributed by atoms with Gasteiger partial charge in [-0.1, -0.05) is 6.07 Å². The molecule has 7 nitrogen and oxygen atoms in total. The van der Waals surface area contributed by atoms with E-state index in [2.05, 4.69) is 10.3 Å². The summed E-state index contributed by atoms with van der Waals surface area (Å²) >= 11 is 0. The largest absolute Gasteiger partial charge is 0.436 e. The molecule has 1 unspecified atom stereocenters. The first kappa shape index (κ1) is 19.2. The lowest BCUT2D eigenvalue weighted by molar-refractivity contribution is -0.119. The zero-order valence-electron chi connectivity index (χ0n) is 14.9. The van der Waals surface area contributed by atoms with Crippen LogP contribution in [0.3, 0.4) is 0 Å². The van der Waals surface area contributed by atoms with Crippen LogP contribution in [0.25, 0.3) is 22.8 Å². The van der Waals surface area contributed by atoms with E-state index >= 15 is 0 Å². The van der Waals surface area contributed by atoms with Crippen LogP contribution in [0.15, 0.2) is 59.1 Å². The van der Waals surface area contributed by atoms with Gasteiger partial charge in [-0.3, -0.25) is 9.59 Å². The molecule has 1 heterocycles. The molecule has 0 bridgehead atoms. The van der Waals surface area contributed by atoms with Crippen LogP contribution in [0.1, 0.15) is 12.8 Å². The smallest absolute Gasteiger partial charge is 0.241 e. The highest BCUT2D eigenvalue weighted by atomic mass is 19.1. The van der Waals surface area contributed by atoms with Gasteiger partial charge in [-0.05, 0) is 48.9 Å². The Hall–Kier alpha value is -3.52. The molecular formula is C20H19FN4O3. The van der Waals surface area contributed by atoms with Crippen LogP contribution in [-0.2, 0) is 9.59 Å². The van der Waals surface area contributed by atoms with E-state index in [0.717, 1.165) is 0 Å². The van der Waals surface area contributed by atoms with Gasteiger partial charge in [0.05, 0.1) is 12.2 Å². The number of nitrogens with one attached hydrogen (secondary N) is 1. The summed E-state index contributed by atoms with van der Waals surface area (Å²) in [6.07, 6.45) is 1.76. The van der Waals surface area contributed by atoms with E-state index in [9.17, 15) is 14.0 Å². The van der Waals surface area contributed by atoms with Gasteiger partial charge in [0.1, 0.15) is 5.82 Å². The van der Waals surface area contributed by atoms with Crippen molar-refractivity contribution in [2.75, 3.05) is 5.32 Å². The predicted molar refractivity (Wildman–Crippen MR) is 102 cm³/mol. The quantitative estimate of drug-likeness (QED) is 0.579. The number of hydrogen-bond acceptors (Lipinski definition) is 5. The van der Waals surface area contributed by atoms with Crippen LogP contribution in [0.4, 0.5) is 10.1 Å². The van der Waals surface area contributed by atoms with Crippen molar-refractivity contribution in [1.82, 2.24) is 4.98 Å². The first-order valence-electron chi connectivity index (χ1n) is 8.59. The third-order valence-corrected chi connectivity index (χ3v) is 4.05. The maximum absolute atomic E-state index is 13.1. The Morgan fingerprint density at radius 2 is 1.89 bits per heavy atom. The molecule has 144 valence electrons. The van der Waals surface area contributed by atoms with Crippen LogP contribution in [0.5, 0.6) is 0 Å². The van der Waals surface area contributed by atoms with Gasteiger partial charge in [0.15, 0.2) is 5.76 Å². The first-order valence-corrected chi connectivity index (χ1v) is 8.59. The Morgan fingerprint density at radius 1 is 1.14 bits per heavy atom. The van der Waals surface area contributed by atoms with Gasteiger partial charge in [0, 0.05) is 23.2 Å². The van der Waals surface area contributed by atoms with Gasteiger partial charge in [-0.2, -0.15) is 0 Å². The number of nitrogens with two attached hydrogens (primary N) is 2. The van der Waals surface area contributed by atoms with Crippen molar-refractivity contribution in [2.24, 2.45) is 11.5 Å². The molecule has 2 amide bonds. The number of benzene rings is 2. The first-order chi connectivity index (χ1) is 13.4. The summed E-state index contributed by atoms with van der Waals surface area (Å²) in [6.45, 7) is 0. The van der Waals surface area contributed by atoms with Crippen LogP contribution in [0.2, 0.25) is 0 Å². The lowest BCUT2D eigenvalue weighted by atomic mass is 10.1. The third-order valence-electron chi connectivity index (χ3n) is 4.05. The molecule has 0 fully saturated rings. The molecule has 0 saturated heterocycles. The molecule has 28 heavy (non-hydrogen) atoms. The minimum atomic E-state index is -0.844. The summed E-state index contributed by atoms with van der Waals surface area (Å²) in [6, 6.07) is 12.0. The minimum Gasteiger partial charge on any atom is -0.436 e. The number of rotatable bonds is 7. The van der Waals surface area contributed by atoms with Crippen LogP contribution in [0, 0.1) is 5.82 Å². The van der Waals surface area contributed by atoms with Gasteiger partial charge >= 0.3 is 0 Å². The second-order valence-corrected chi connectivity index (χ2v) is 6.22. The predicted octanol–water partition coefficient (Wildman–Crippen LogP) is 2.68. The fourth-order valence-electron chi connectivity index (χ4n) is 2.55. The van der Waals surface area contributed by atoms with Crippen molar-refractivity contribution >= 4 is 17.5 Å². The van der Waals surface area contributed by atoms with E-state index < -0.39 is 17.9 Å². The van der Waals surface area contributed by atoms with Gasteiger partial charge < -0.3 is 21.2 Å². The monoisotopic (exact) mass is 382 g/mol. The van der Waals surface area contributed by atoms with Gasteiger partial charge in [0.2, 0.25) is 17.7 Å². The normalized spacial score (nSPS) is 11.8. The second-order valence-electron chi connectivity index (χ2n) is 6.22. The maximum atomic E-state index is 13.1. The zero-order valence-corrected chi connectivity index (χ0v) is 14.9. The van der Waals surface area contributed by atoms with Gasteiger partial charge in [-0.15, -0.1) is 0 Å². The van der Waals surface area contributed by atoms with E-state index in [4.69, 9.17) is 15.9 Å². The molecule has 8 heteroatoms. The number of hydrogen-bond donors (Lipinski definition) is 3. The SMILES string of the molecule is NC(=O)CCC(N)C(=O)Nc1cccc(-c2ncc(-c3ccc(F)cc3)o2)c1. The Balaban J connectivity index is 1.72. The summed E-state index contributed by atoms with van der Waals surface area (Å²) < 4.78 is 18.8. The molecule has 1 aromatic heterocycles. The van der Waals surface area contributed by atoms with Crippen LogP contribution in [-0.4, -0.2) is 22.8 Å². The average Bonchev–Trinajstić information content (AvgIpc) is 3.17. The summed E-state index contributed by atoms with van der Waals surface area (Å²) in [5.74, 6) is -0.406. The number of carbonyl (C=O) groups excluding carboxylic acids is 2. The Labute approximate surface area is 160 Å². The summed E-state index contributed by atoms with van der Waals surface area (Å²) in [5.41, 5.74) is 12.7. The van der Waals surface area contributed by atoms with E-state index in [1.165, 1.54) is 12.1 Å². The van der Waals surface area contributed by atoms with Crippen molar-refractivity contribution in [3.05, 3.63) is 60.5 Å². The molecule has 0 saturated carbocycles. The maximum Gasteiger partial charge on any atom is 0.241 e. The van der Waals surface area contributed by atoms with Crippen LogP contribution >= 0.6 is 0 Å². The number of aromatic nitrogens is 1. The summed E-state index contributed by atoms with van der Waals surface area (Å²) in [7, 11) is 0. The molecule has 1 atom stereocenters. The molecule has 0 spiro atoms. The number of halogens is 1. The topological polar surface area (TPSA) is 124 Å². The van der Waals surface area contributed by atoms with E-state index in [-0.39, 0.29) is 18.7 Å². The van der Waals surface area contributed by atoms with E-state index in [1.807, 2.05) is 0 Å². The fraction of sp³-hybridized carbons (Fsp3) is 0.150. The zero-order chi connectivity index (χ0) is 20.1. The lowest BCUT2D eigenvalue weighted by Crippen LogP contribution is -2.36. The van der Waals surface area contributed by atoms with E-state index in [0.29, 0.717) is 28.5 Å². The molecule has 0 aliphatic rings. The number of anilines is 1. The molecular weight excluding hydrogens is 363 g/mol.